The molecule has 0 aromatic carbocycles. The van der Waals surface area contributed by atoms with Crippen molar-refractivity contribution >= 4 is 41.4 Å². The zero-order valence-electron chi connectivity index (χ0n) is 13.3. The number of nitrogens with zero attached hydrogens (tertiary/aromatic N) is 3. The normalized spacial score (nSPS) is 11.7. The Morgan fingerprint density at radius 1 is 1.30 bits per heavy atom. The van der Waals surface area contributed by atoms with Crippen LogP contribution >= 0.6 is 27.5 Å². The highest BCUT2D eigenvalue weighted by Gasteiger charge is 2.19. The quantitative estimate of drug-likeness (QED) is 0.385. The number of hydrogen-bond donors (Lipinski definition) is 0. The van der Waals surface area contributed by atoms with Crippen LogP contribution in [0, 0.1) is 0 Å². The third-order valence-electron chi connectivity index (χ3n) is 3.22. The molecule has 124 valence electrons. The van der Waals surface area contributed by atoms with Crippen molar-refractivity contribution in [1.82, 2.24) is 14.5 Å². The van der Waals surface area contributed by atoms with Gasteiger partial charge in [-0.1, -0.05) is 31.2 Å². The molecule has 0 N–H and O–H groups in total. The van der Waals surface area contributed by atoms with Gasteiger partial charge in [0.2, 0.25) is 5.78 Å². The van der Waals surface area contributed by atoms with Crippen LogP contribution in [0.4, 0.5) is 0 Å². The summed E-state index contributed by atoms with van der Waals surface area (Å²) in [5.74, 6) is -0.214. The van der Waals surface area contributed by atoms with Gasteiger partial charge in [-0.25, -0.2) is 4.98 Å². The monoisotopic (exact) mass is 415 g/mol. The van der Waals surface area contributed by atoms with E-state index in [-0.39, 0.29) is 12.5 Å². The molecule has 2 heterocycles. The second kappa shape index (κ2) is 7.70. The first-order chi connectivity index (χ1) is 10.8. The Morgan fingerprint density at radius 2 is 2.04 bits per heavy atom. The highest BCUT2D eigenvalue weighted by molar-refractivity contribution is 9.10. The second-order valence-electron chi connectivity index (χ2n) is 6.38. The smallest absolute Gasteiger partial charge is 0.229 e. The lowest BCUT2D eigenvalue weighted by Crippen LogP contribution is -2.22. The third kappa shape index (κ3) is 5.24. The summed E-state index contributed by atoms with van der Waals surface area (Å²) in [6.45, 7) is 7.84. The SMILES string of the molecule is C[Si](C)(C)CCOCn1c(C(=O)c2ccc(Cl)cn2)cnc1Br. The number of rotatable bonds is 7. The lowest BCUT2D eigenvalue weighted by Gasteiger charge is -2.16. The maximum Gasteiger partial charge on any atom is 0.229 e. The van der Waals surface area contributed by atoms with Crippen LogP contribution in [0.15, 0.2) is 29.3 Å². The Balaban J connectivity index is 2.08. The summed E-state index contributed by atoms with van der Waals surface area (Å²) < 4.78 is 7.97. The molecule has 0 aliphatic carbocycles. The summed E-state index contributed by atoms with van der Waals surface area (Å²) in [5, 5.41) is 0.492. The van der Waals surface area contributed by atoms with Crippen molar-refractivity contribution in [1.29, 1.82) is 0 Å². The molecule has 8 heteroatoms. The van der Waals surface area contributed by atoms with Crippen LogP contribution in [-0.4, -0.2) is 35.0 Å². The molecule has 0 unspecified atom stereocenters. The first-order valence-electron chi connectivity index (χ1n) is 7.23. The number of imidazole rings is 1. The van der Waals surface area contributed by atoms with E-state index in [1.54, 1.807) is 16.7 Å². The number of pyridine rings is 1. The third-order valence-corrected chi connectivity index (χ3v) is 5.78. The largest absolute Gasteiger partial charge is 0.361 e. The minimum absolute atomic E-state index is 0.214. The summed E-state index contributed by atoms with van der Waals surface area (Å²) in [6, 6.07) is 4.31. The Morgan fingerprint density at radius 3 is 2.65 bits per heavy atom. The summed E-state index contributed by atoms with van der Waals surface area (Å²) in [5.41, 5.74) is 0.754. The maximum absolute atomic E-state index is 12.5. The molecule has 0 aliphatic rings. The molecule has 0 aliphatic heterocycles. The van der Waals surface area contributed by atoms with Gasteiger partial charge in [0.05, 0.1) is 11.2 Å². The minimum Gasteiger partial charge on any atom is -0.361 e. The van der Waals surface area contributed by atoms with Crippen LogP contribution in [0.5, 0.6) is 0 Å². The zero-order valence-corrected chi connectivity index (χ0v) is 16.7. The Hall–Kier alpha value is -1.02. The topological polar surface area (TPSA) is 57.0 Å². The number of carbonyl (C=O) groups excluding carboxylic acids is 1. The fourth-order valence-electron chi connectivity index (χ4n) is 1.83. The molecule has 0 spiro atoms. The average Bonchev–Trinajstić information content (AvgIpc) is 2.84. The van der Waals surface area contributed by atoms with Crippen molar-refractivity contribution in [2.24, 2.45) is 0 Å². The summed E-state index contributed by atoms with van der Waals surface area (Å²) in [4.78, 5) is 20.8. The predicted octanol–water partition coefficient (Wildman–Crippen LogP) is 4.24. The molecule has 0 amide bonds. The lowest BCUT2D eigenvalue weighted by atomic mass is 10.2. The van der Waals surface area contributed by atoms with Crippen LogP contribution in [-0.2, 0) is 11.5 Å². The molecule has 0 saturated heterocycles. The Bertz CT molecular complexity index is 683. The van der Waals surface area contributed by atoms with Crippen LogP contribution in [0.2, 0.25) is 30.7 Å². The molecule has 0 bridgehead atoms. The van der Waals surface area contributed by atoms with E-state index < -0.39 is 8.07 Å². The van der Waals surface area contributed by atoms with Crippen molar-refractivity contribution < 1.29 is 9.53 Å². The van der Waals surface area contributed by atoms with E-state index in [1.807, 2.05) is 0 Å². The van der Waals surface area contributed by atoms with Crippen molar-refractivity contribution in [2.75, 3.05) is 6.61 Å². The fraction of sp³-hybridized carbons (Fsp3) is 0.400. The van der Waals surface area contributed by atoms with E-state index in [0.29, 0.717) is 27.8 Å². The van der Waals surface area contributed by atoms with Crippen molar-refractivity contribution in [3.05, 3.63) is 45.7 Å². The molecule has 0 saturated carbocycles. The average molecular weight is 417 g/mol. The summed E-state index contributed by atoms with van der Waals surface area (Å²) >= 11 is 9.15. The number of halogens is 2. The molecule has 5 nitrogen and oxygen atoms in total. The van der Waals surface area contributed by atoms with Gasteiger partial charge in [-0.2, -0.15) is 0 Å². The molecule has 23 heavy (non-hydrogen) atoms. The van der Waals surface area contributed by atoms with Crippen LogP contribution in [0.3, 0.4) is 0 Å². The van der Waals surface area contributed by atoms with Gasteiger partial charge in [0, 0.05) is 20.9 Å². The number of aromatic nitrogens is 3. The van der Waals surface area contributed by atoms with Gasteiger partial charge in [-0.15, -0.1) is 0 Å². The molecular weight excluding hydrogens is 398 g/mol. The first kappa shape index (κ1) is 18.3. The van der Waals surface area contributed by atoms with Crippen LogP contribution in [0.25, 0.3) is 0 Å². The van der Waals surface area contributed by atoms with Gasteiger partial charge in [0.15, 0.2) is 4.73 Å². The molecule has 0 atom stereocenters. The lowest BCUT2D eigenvalue weighted by molar-refractivity contribution is 0.0802. The van der Waals surface area contributed by atoms with Gasteiger partial charge in [0.1, 0.15) is 18.1 Å². The number of carbonyl (C=O) groups is 1. The number of ether oxygens (including phenoxy) is 1. The summed E-state index contributed by atoms with van der Waals surface area (Å²) in [6.07, 6.45) is 2.97. The number of ketones is 1. The standard InChI is InChI=1S/C15H19BrClN3O2Si/c1-23(2,3)7-6-22-10-20-13(9-19-15(20)16)14(21)12-5-4-11(17)8-18-12/h4-5,8-9H,6-7,10H2,1-3H3. The van der Waals surface area contributed by atoms with E-state index in [4.69, 9.17) is 16.3 Å². The molecule has 2 rings (SSSR count). The van der Waals surface area contributed by atoms with E-state index in [0.717, 1.165) is 6.04 Å². The van der Waals surface area contributed by atoms with Gasteiger partial charge in [-0.05, 0) is 34.1 Å². The second-order valence-corrected chi connectivity index (χ2v) is 13.1. The van der Waals surface area contributed by atoms with Crippen molar-refractivity contribution in [2.45, 2.75) is 32.4 Å². The Kier molecular flexibility index (Phi) is 6.13. The van der Waals surface area contributed by atoms with E-state index in [9.17, 15) is 4.79 Å². The van der Waals surface area contributed by atoms with Gasteiger partial charge in [-0.3, -0.25) is 14.3 Å². The van der Waals surface area contributed by atoms with E-state index >= 15 is 0 Å². The zero-order chi connectivity index (χ0) is 17.0. The first-order valence-corrected chi connectivity index (χ1v) is 12.1. The van der Waals surface area contributed by atoms with Gasteiger partial charge in [0.25, 0.3) is 0 Å². The molecule has 2 aromatic rings. The fourth-order valence-corrected chi connectivity index (χ4v) is 3.10. The molecular formula is C15H19BrClN3O2Si. The van der Waals surface area contributed by atoms with E-state index in [2.05, 4.69) is 45.5 Å². The predicted molar refractivity (Wildman–Crippen MR) is 96.7 cm³/mol. The molecule has 0 fully saturated rings. The highest BCUT2D eigenvalue weighted by Crippen LogP contribution is 2.17. The van der Waals surface area contributed by atoms with Gasteiger partial charge >= 0.3 is 0 Å². The van der Waals surface area contributed by atoms with Crippen LogP contribution < -0.4 is 0 Å². The number of hydrogen-bond acceptors (Lipinski definition) is 4. The highest BCUT2D eigenvalue weighted by atomic mass is 79.9. The van der Waals surface area contributed by atoms with Crippen LogP contribution in [0.1, 0.15) is 16.2 Å². The maximum atomic E-state index is 12.5. The molecule has 0 radical (unpaired) electrons. The Labute approximate surface area is 150 Å². The summed E-state index contributed by atoms with van der Waals surface area (Å²) in [7, 11) is -1.14. The van der Waals surface area contributed by atoms with Crippen molar-refractivity contribution in [3.63, 3.8) is 0 Å². The van der Waals surface area contributed by atoms with Crippen molar-refractivity contribution in [3.8, 4) is 0 Å². The van der Waals surface area contributed by atoms with Gasteiger partial charge < -0.3 is 4.74 Å². The van der Waals surface area contributed by atoms with E-state index in [1.165, 1.54) is 12.4 Å². The minimum atomic E-state index is -1.14. The molecule has 2 aromatic heterocycles.